The molecule has 0 radical (unpaired) electrons. The molecule has 1 aliphatic heterocycles. The largest absolute Gasteiger partial charge is 0.429 e. The Hall–Kier alpha value is -1.82. The van der Waals surface area contributed by atoms with Gasteiger partial charge >= 0.3 is 6.18 Å². The van der Waals surface area contributed by atoms with Gasteiger partial charge in [-0.15, -0.1) is 0 Å². The minimum absolute atomic E-state index is 0.0731. The predicted octanol–water partition coefficient (Wildman–Crippen LogP) is 3.66. The van der Waals surface area contributed by atoms with Crippen molar-refractivity contribution in [2.45, 2.75) is 12.6 Å². The van der Waals surface area contributed by atoms with Gasteiger partial charge in [-0.2, -0.15) is 13.2 Å². The molecule has 7 heteroatoms. The summed E-state index contributed by atoms with van der Waals surface area (Å²) >= 11 is 5.72. The number of nitrogens with zero attached hydrogens (tertiary/aromatic N) is 2. The molecule has 0 bridgehead atoms. The van der Waals surface area contributed by atoms with E-state index >= 15 is 0 Å². The second-order valence-electron chi connectivity index (χ2n) is 4.13. The average molecular weight is 303 g/mol. The van der Waals surface area contributed by atoms with Crippen LogP contribution in [0, 0.1) is 0 Å². The number of carbonyl (C=O) groups is 1. The summed E-state index contributed by atoms with van der Waals surface area (Å²) in [6.45, 7) is -0.0731. The molecule has 1 aliphatic rings. The number of amides is 1. The number of rotatable bonds is 1. The maximum Gasteiger partial charge on any atom is 0.429 e. The molecule has 0 unspecified atom stereocenters. The molecule has 0 fully saturated rings. The zero-order chi connectivity index (χ0) is 14.8. The molecule has 1 amide bonds. The quantitative estimate of drug-likeness (QED) is 0.779. The smallest absolute Gasteiger partial charge is 0.313 e. The Morgan fingerprint density at radius 3 is 2.50 bits per heavy atom. The monoisotopic (exact) mass is 302 g/mol. The van der Waals surface area contributed by atoms with Crippen LogP contribution in [0.15, 0.2) is 41.7 Å². The minimum atomic E-state index is -4.47. The highest BCUT2D eigenvalue weighted by molar-refractivity contribution is 6.30. The van der Waals surface area contributed by atoms with Crippen LogP contribution in [-0.4, -0.2) is 29.2 Å². The van der Waals surface area contributed by atoms with Crippen molar-refractivity contribution in [2.24, 2.45) is 4.99 Å². The second kappa shape index (κ2) is 5.66. The Balaban J connectivity index is 2.10. The molecule has 0 aliphatic carbocycles. The lowest BCUT2D eigenvalue weighted by Crippen LogP contribution is -2.30. The van der Waals surface area contributed by atoms with E-state index in [0.29, 0.717) is 10.6 Å². The topological polar surface area (TPSA) is 32.7 Å². The molecular formula is C13H10ClF3N2O. The fourth-order valence-corrected chi connectivity index (χ4v) is 1.84. The molecule has 3 nitrogen and oxygen atoms in total. The van der Waals surface area contributed by atoms with E-state index in [-0.39, 0.29) is 13.0 Å². The van der Waals surface area contributed by atoms with Crippen molar-refractivity contribution >= 4 is 23.2 Å². The summed E-state index contributed by atoms with van der Waals surface area (Å²) in [5, 5.41) is 0.482. The van der Waals surface area contributed by atoms with Crippen molar-refractivity contribution in [2.75, 3.05) is 6.54 Å². The van der Waals surface area contributed by atoms with Gasteiger partial charge in [-0.05, 0) is 24.3 Å². The first-order valence-electron chi connectivity index (χ1n) is 5.75. The number of carbonyl (C=O) groups excluding carboxylic acids is 1. The fraction of sp³-hybridized carbons (Fsp3) is 0.231. The third-order valence-electron chi connectivity index (χ3n) is 2.75. The summed E-state index contributed by atoms with van der Waals surface area (Å²) in [7, 11) is 0. The molecular weight excluding hydrogens is 293 g/mol. The van der Waals surface area contributed by atoms with Crippen molar-refractivity contribution in [1.82, 2.24) is 4.90 Å². The molecule has 20 heavy (non-hydrogen) atoms. The van der Waals surface area contributed by atoms with Crippen molar-refractivity contribution in [3.05, 3.63) is 47.3 Å². The molecule has 1 aromatic rings. The molecule has 0 N–H and O–H groups in total. The normalized spacial score (nSPS) is 15.8. The number of alkyl halides is 3. The Morgan fingerprint density at radius 2 is 1.90 bits per heavy atom. The number of benzene rings is 1. The lowest BCUT2D eigenvalue weighted by Gasteiger charge is -2.17. The lowest BCUT2D eigenvalue weighted by molar-refractivity contribution is -0.0605. The van der Waals surface area contributed by atoms with Gasteiger partial charge in [-0.1, -0.05) is 11.6 Å². The van der Waals surface area contributed by atoms with E-state index in [1.165, 1.54) is 23.2 Å². The first-order valence-corrected chi connectivity index (χ1v) is 6.13. The van der Waals surface area contributed by atoms with E-state index in [2.05, 4.69) is 4.99 Å². The van der Waals surface area contributed by atoms with Crippen LogP contribution in [0.1, 0.15) is 16.8 Å². The van der Waals surface area contributed by atoms with Gasteiger partial charge in [0.2, 0.25) is 0 Å². The van der Waals surface area contributed by atoms with Crippen LogP contribution < -0.4 is 0 Å². The van der Waals surface area contributed by atoms with Crippen LogP contribution >= 0.6 is 11.6 Å². The number of aliphatic imine (C=N–C) groups is 1. The molecule has 1 heterocycles. The van der Waals surface area contributed by atoms with Crippen molar-refractivity contribution in [3.8, 4) is 0 Å². The molecule has 0 atom stereocenters. The van der Waals surface area contributed by atoms with Crippen molar-refractivity contribution in [3.63, 3.8) is 0 Å². The number of hydrogen-bond acceptors (Lipinski definition) is 2. The van der Waals surface area contributed by atoms with Crippen LogP contribution in [0.4, 0.5) is 13.2 Å². The Labute approximate surface area is 118 Å². The maximum atomic E-state index is 12.5. The van der Waals surface area contributed by atoms with Crippen molar-refractivity contribution in [1.29, 1.82) is 0 Å². The van der Waals surface area contributed by atoms with Gasteiger partial charge in [-0.25, -0.2) is 0 Å². The number of hydrogen-bond donors (Lipinski definition) is 0. The average Bonchev–Trinajstić information content (AvgIpc) is 2.64. The van der Waals surface area contributed by atoms with Gasteiger partial charge in [0.25, 0.3) is 5.91 Å². The van der Waals surface area contributed by atoms with E-state index in [0.717, 1.165) is 6.20 Å². The van der Waals surface area contributed by atoms with Crippen LogP contribution in [0.25, 0.3) is 0 Å². The van der Waals surface area contributed by atoms with Gasteiger partial charge in [0.15, 0.2) is 0 Å². The van der Waals surface area contributed by atoms with E-state index in [1.54, 1.807) is 12.1 Å². The van der Waals surface area contributed by atoms with Crippen LogP contribution in [0.2, 0.25) is 5.02 Å². The molecule has 0 aromatic heterocycles. The number of halogens is 4. The van der Waals surface area contributed by atoms with Gasteiger partial charge in [-0.3, -0.25) is 9.79 Å². The van der Waals surface area contributed by atoms with Crippen molar-refractivity contribution < 1.29 is 18.0 Å². The first kappa shape index (κ1) is 14.6. The highest BCUT2D eigenvalue weighted by Crippen LogP contribution is 2.22. The molecule has 106 valence electrons. The third kappa shape index (κ3) is 3.39. The maximum absolute atomic E-state index is 12.5. The van der Waals surface area contributed by atoms with E-state index in [4.69, 9.17) is 11.6 Å². The van der Waals surface area contributed by atoms with E-state index in [9.17, 15) is 18.0 Å². The molecule has 0 saturated heterocycles. The first-order chi connectivity index (χ1) is 9.38. The van der Waals surface area contributed by atoms with Crippen LogP contribution in [0.3, 0.4) is 0 Å². The fourth-order valence-electron chi connectivity index (χ4n) is 1.71. The highest BCUT2D eigenvalue weighted by Gasteiger charge is 2.36. The predicted molar refractivity (Wildman–Crippen MR) is 69.7 cm³/mol. The lowest BCUT2D eigenvalue weighted by atomic mass is 10.2. The van der Waals surface area contributed by atoms with Gasteiger partial charge in [0, 0.05) is 36.0 Å². The Bertz CT molecular complexity index is 564. The molecule has 2 rings (SSSR count). The Morgan fingerprint density at radius 1 is 1.25 bits per heavy atom. The summed E-state index contributed by atoms with van der Waals surface area (Å²) in [4.78, 5) is 16.7. The molecule has 0 spiro atoms. The Kier molecular flexibility index (Phi) is 4.13. The zero-order valence-electron chi connectivity index (χ0n) is 10.2. The standard InChI is InChI=1S/C13H10ClF3N2O/c14-10-3-1-9(2-4-10)12(20)19-7-5-11(13(15,16)17)18-6-8-19/h1-4,6,8H,5,7H2. The van der Waals surface area contributed by atoms with E-state index < -0.39 is 17.8 Å². The summed E-state index contributed by atoms with van der Waals surface area (Å²) < 4.78 is 37.6. The summed E-state index contributed by atoms with van der Waals surface area (Å²) in [6, 6.07) is 6.14. The minimum Gasteiger partial charge on any atom is -0.313 e. The third-order valence-corrected chi connectivity index (χ3v) is 3.00. The highest BCUT2D eigenvalue weighted by atomic mass is 35.5. The summed E-state index contributed by atoms with van der Waals surface area (Å²) in [6.07, 6.45) is -2.57. The second-order valence-corrected chi connectivity index (χ2v) is 4.56. The van der Waals surface area contributed by atoms with E-state index in [1.807, 2.05) is 0 Å². The van der Waals surface area contributed by atoms with Crippen LogP contribution in [0.5, 0.6) is 0 Å². The molecule has 0 saturated carbocycles. The SMILES string of the molecule is O=C(c1ccc(Cl)cc1)N1C=CN=C(C(F)(F)F)CC1. The summed E-state index contributed by atoms with van der Waals surface area (Å²) in [5.41, 5.74) is -0.533. The van der Waals surface area contributed by atoms with Crippen LogP contribution in [-0.2, 0) is 0 Å². The van der Waals surface area contributed by atoms with Gasteiger partial charge < -0.3 is 4.90 Å². The summed E-state index contributed by atoms with van der Waals surface area (Å²) in [5.74, 6) is -0.392. The zero-order valence-corrected chi connectivity index (χ0v) is 10.9. The molecule has 1 aromatic carbocycles. The van der Waals surface area contributed by atoms with Gasteiger partial charge in [0.05, 0.1) is 0 Å². The van der Waals surface area contributed by atoms with Gasteiger partial charge in [0.1, 0.15) is 5.71 Å².